The van der Waals surface area contributed by atoms with Crippen molar-refractivity contribution >= 4 is 21.6 Å². The molecular formula is C12H16N2O3S. The van der Waals surface area contributed by atoms with E-state index in [1.807, 2.05) is 6.92 Å². The van der Waals surface area contributed by atoms with Gasteiger partial charge in [0.25, 0.3) is 0 Å². The summed E-state index contributed by atoms with van der Waals surface area (Å²) in [5, 5.41) is 2.71. The lowest BCUT2D eigenvalue weighted by Crippen LogP contribution is -2.24. The van der Waals surface area contributed by atoms with Gasteiger partial charge in [-0.15, -0.1) is 0 Å². The van der Waals surface area contributed by atoms with Gasteiger partial charge >= 0.3 is 0 Å². The molecule has 2 rings (SSSR count). The number of sulfonamides is 1. The molecule has 98 valence electrons. The minimum Gasteiger partial charge on any atom is -0.325 e. The maximum atomic E-state index is 12.0. The van der Waals surface area contributed by atoms with E-state index in [4.69, 9.17) is 0 Å². The second-order valence-electron chi connectivity index (χ2n) is 4.36. The predicted octanol–water partition coefficient (Wildman–Crippen LogP) is 1.43. The molecule has 0 radical (unpaired) electrons. The van der Waals surface area contributed by atoms with Crippen LogP contribution in [-0.4, -0.2) is 20.9 Å². The summed E-state index contributed by atoms with van der Waals surface area (Å²) in [6.07, 6.45) is 0.737. The summed E-state index contributed by atoms with van der Waals surface area (Å²) in [5.41, 5.74) is 1.43. The first-order valence-corrected chi connectivity index (χ1v) is 7.38. The molecule has 0 saturated carbocycles. The van der Waals surface area contributed by atoms with Crippen LogP contribution in [0.15, 0.2) is 23.1 Å². The molecule has 18 heavy (non-hydrogen) atoms. The van der Waals surface area contributed by atoms with E-state index in [0.717, 1.165) is 12.0 Å². The number of fused-ring (bicyclic) bond motifs is 1. The number of carbonyl (C=O) groups excluding carboxylic acids is 1. The Bertz CT molecular complexity index is 581. The fraction of sp³-hybridized carbons (Fsp3) is 0.417. The number of hydrogen-bond acceptors (Lipinski definition) is 3. The van der Waals surface area contributed by atoms with Gasteiger partial charge in [-0.25, -0.2) is 13.1 Å². The SMILES string of the molecule is CCCNS(=O)(=O)c1ccc2c(c1)[C@H](C)C(=O)N2. The quantitative estimate of drug-likeness (QED) is 0.867. The molecule has 0 unspecified atom stereocenters. The standard InChI is InChI=1S/C12H16N2O3S/c1-3-6-13-18(16,17)9-4-5-11-10(7-9)8(2)12(15)14-11/h4-5,7-8,13H,3,6H2,1-2H3,(H,14,15)/t8-/m0/s1. The van der Waals surface area contributed by atoms with Crippen molar-refractivity contribution in [2.75, 3.05) is 11.9 Å². The lowest BCUT2D eigenvalue weighted by molar-refractivity contribution is -0.116. The molecule has 6 heteroatoms. The van der Waals surface area contributed by atoms with Crippen molar-refractivity contribution in [2.45, 2.75) is 31.1 Å². The average Bonchev–Trinajstić information content (AvgIpc) is 2.62. The number of hydrogen-bond donors (Lipinski definition) is 2. The Labute approximate surface area is 107 Å². The molecule has 0 spiro atoms. The fourth-order valence-electron chi connectivity index (χ4n) is 1.88. The molecule has 1 aliphatic rings. The minimum absolute atomic E-state index is 0.0962. The third-order valence-electron chi connectivity index (χ3n) is 2.99. The Morgan fingerprint density at radius 2 is 2.11 bits per heavy atom. The van der Waals surface area contributed by atoms with Gasteiger partial charge < -0.3 is 5.32 Å². The Hall–Kier alpha value is -1.40. The first-order chi connectivity index (χ1) is 8.45. The normalized spacial score (nSPS) is 18.6. The highest BCUT2D eigenvalue weighted by atomic mass is 32.2. The fourth-order valence-corrected chi connectivity index (χ4v) is 3.05. The molecule has 5 nitrogen and oxygen atoms in total. The zero-order chi connectivity index (χ0) is 13.3. The van der Waals surface area contributed by atoms with Crippen LogP contribution in [0, 0.1) is 0 Å². The molecule has 0 fully saturated rings. The minimum atomic E-state index is -3.47. The van der Waals surface area contributed by atoms with Crippen LogP contribution in [0.3, 0.4) is 0 Å². The van der Waals surface area contributed by atoms with Crippen LogP contribution in [-0.2, 0) is 14.8 Å². The van der Waals surface area contributed by atoms with Gasteiger partial charge in [-0.1, -0.05) is 6.92 Å². The summed E-state index contributed by atoms with van der Waals surface area (Å²) >= 11 is 0. The number of amides is 1. The molecule has 1 atom stereocenters. The average molecular weight is 268 g/mol. The molecule has 1 amide bonds. The van der Waals surface area contributed by atoms with E-state index in [1.54, 1.807) is 19.1 Å². The van der Waals surface area contributed by atoms with Crippen LogP contribution in [0.5, 0.6) is 0 Å². The topological polar surface area (TPSA) is 75.3 Å². The van der Waals surface area contributed by atoms with E-state index in [1.165, 1.54) is 6.07 Å². The van der Waals surface area contributed by atoms with Gasteiger partial charge in [0.2, 0.25) is 15.9 Å². The van der Waals surface area contributed by atoms with Gasteiger partial charge in [0.05, 0.1) is 10.8 Å². The van der Waals surface area contributed by atoms with Gasteiger partial charge in [0.15, 0.2) is 0 Å². The number of carbonyl (C=O) groups is 1. The summed E-state index contributed by atoms with van der Waals surface area (Å²) in [6, 6.07) is 4.71. The molecule has 1 heterocycles. The largest absolute Gasteiger partial charge is 0.325 e. The lowest BCUT2D eigenvalue weighted by atomic mass is 10.0. The van der Waals surface area contributed by atoms with Gasteiger partial charge in [0.1, 0.15) is 0 Å². The maximum absolute atomic E-state index is 12.0. The zero-order valence-corrected chi connectivity index (χ0v) is 11.2. The summed E-state index contributed by atoms with van der Waals surface area (Å²) in [4.78, 5) is 11.7. The van der Waals surface area contributed by atoms with Crippen molar-refractivity contribution in [1.29, 1.82) is 0 Å². The van der Waals surface area contributed by atoms with E-state index >= 15 is 0 Å². The van der Waals surface area contributed by atoms with Crippen LogP contribution >= 0.6 is 0 Å². The summed E-state index contributed by atoms with van der Waals surface area (Å²) in [5.74, 6) is -0.401. The van der Waals surface area contributed by atoms with E-state index in [2.05, 4.69) is 10.0 Å². The maximum Gasteiger partial charge on any atom is 0.240 e. The number of anilines is 1. The highest BCUT2D eigenvalue weighted by Gasteiger charge is 2.28. The highest BCUT2D eigenvalue weighted by molar-refractivity contribution is 7.89. The molecule has 1 aromatic rings. The van der Waals surface area contributed by atoms with Crippen molar-refractivity contribution in [1.82, 2.24) is 4.72 Å². The third kappa shape index (κ3) is 2.26. The van der Waals surface area contributed by atoms with Crippen LogP contribution < -0.4 is 10.0 Å². The van der Waals surface area contributed by atoms with E-state index in [9.17, 15) is 13.2 Å². The molecule has 0 saturated heterocycles. The first kappa shape index (κ1) is 13.0. The lowest BCUT2D eigenvalue weighted by Gasteiger charge is -2.08. The molecular weight excluding hydrogens is 252 g/mol. The molecule has 0 bridgehead atoms. The number of rotatable bonds is 4. The van der Waals surface area contributed by atoms with Crippen LogP contribution in [0.1, 0.15) is 31.7 Å². The van der Waals surface area contributed by atoms with Crippen LogP contribution in [0.2, 0.25) is 0 Å². The monoisotopic (exact) mass is 268 g/mol. The Balaban J connectivity index is 2.36. The van der Waals surface area contributed by atoms with Gasteiger partial charge in [-0.05, 0) is 37.1 Å². The van der Waals surface area contributed by atoms with Crippen molar-refractivity contribution < 1.29 is 13.2 Å². The van der Waals surface area contributed by atoms with E-state index in [-0.39, 0.29) is 16.7 Å². The number of benzene rings is 1. The highest BCUT2D eigenvalue weighted by Crippen LogP contribution is 2.33. The second-order valence-corrected chi connectivity index (χ2v) is 6.12. The molecule has 0 aromatic heterocycles. The van der Waals surface area contributed by atoms with Gasteiger partial charge in [-0.3, -0.25) is 4.79 Å². The Morgan fingerprint density at radius 1 is 1.39 bits per heavy atom. The van der Waals surface area contributed by atoms with E-state index < -0.39 is 10.0 Å². The Kier molecular flexibility index (Phi) is 3.41. The summed E-state index contributed by atoms with van der Waals surface area (Å²) < 4.78 is 26.4. The zero-order valence-electron chi connectivity index (χ0n) is 10.4. The Morgan fingerprint density at radius 3 is 2.78 bits per heavy atom. The smallest absolute Gasteiger partial charge is 0.240 e. The van der Waals surface area contributed by atoms with Crippen molar-refractivity contribution in [2.24, 2.45) is 0 Å². The van der Waals surface area contributed by atoms with Crippen LogP contribution in [0.4, 0.5) is 5.69 Å². The van der Waals surface area contributed by atoms with Crippen molar-refractivity contribution in [3.8, 4) is 0 Å². The van der Waals surface area contributed by atoms with Crippen molar-refractivity contribution in [3.63, 3.8) is 0 Å². The number of nitrogens with one attached hydrogen (secondary N) is 2. The second kappa shape index (κ2) is 4.70. The predicted molar refractivity (Wildman–Crippen MR) is 69.0 cm³/mol. The molecule has 0 aliphatic carbocycles. The van der Waals surface area contributed by atoms with Gasteiger partial charge in [0, 0.05) is 12.2 Å². The summed E-state index contributed by atoms with van der Waals surface area (Å²) in [6.45, 7) is 4.07. The van der Waals surface area contributed by atoms with Crippen LogP contribution in [0.25, 0.3) is 0 Å². The first-order valence-electron chi connectivity index (χ1n) is 5.90. The van der Waals surface area contributed by atoms with Gasteiger partial charge in [-0.2, -0.15) is 0 Å². The van der Waals surface area contributed by atoms with Crippen molar-refractivity contribution in [3.05, 3.63) is 23.8 Å². The molecule has 1 aromatic carbocycles. The third-order valence-corrected chi connectivity index (χ3v) is 4.45. The van der Waals surface area contributed by atoms with E-state index in [0.29, 0.717) is 12.2 Å². The molecule has 2 N–H and O–H groups in total. The summed E-state index contributed by atoms with van der Waals surface area (Å²) in [7, 11) is -3.47. The molecule has 1 aliphatic heterocycles.